The van der Waals surface area contributed by atoms with Crippen molar-refractivity contribution in [2.75, 3.05) is 6.61 Å². The molecular weight excluding hydrogens is 244 g/mol. The van der Waals surface area contributed by atoms with Crippen LogP contribution in [0.3, 0.4) is 0 Å². The average Bonchev–Trinajstić information content (AvgIpc) is 2.96. The first-order valence-electron chi connectivity index (χ1n) is 6.15. The van der Waals surface area contributed by atoms with Gasteiger partial charge in [0.1, 0.15) is 17.9 Å². The summed E-state index contributed by atoms with van der Waals surface area (Å²) in [5.74, 6) is 1.15. The van der Waals surface area contributed by atoms with Crippen molar-refractivity contribution < 1.29 is 9.53 Å². The Kier molecular flexibility index (Phi) is 4.49. The van der Waals surface area contributed by atoms with E-state index in [1.54, 1.807) is 18.2 Å². The molecule has 0 aliphatic heterocycles. The molecule has 2 rings (SSSR count). The van der Waals surface area contributed by atoms with Crippen LogP contribution in [0.2, 0.25) is 0 Å². The second-order valence-corrected chi connectivity index (χ2v) is 3.99. The van der Waals surface area contributed by atoms with Gasteiger partial charge in [-0.1, -0.05) is 13.0 Å². The lowest BCUT2D eigenvalue weighted by atomic mass is 10.2. The minimum absolute atomic E-state index is 0.168. The highest BCUT2D eigenvalue weighted by Gasteiger charge is 2.07. The van der Waals surface area contributed by atoms with Gasteiger partial charge >= 0.3 is 0 Å². The van der Waals surface area contributed by atoms with E-state index in [2.05, 4.69) is 20.5 Å². The molecular formula is C13H16N4O2. The number of carbonyl (C=O) groups excluding carboxylic acids is 1. The van der Waals surface area contributed by atoms with E-state index in [1.807, 2.05) is 13.0 Å². The van der Waals surface area contributed by atoms with Gasteiger partial charge in [0.25, 0.3) is 5.91 Å². The van der Waals surface area contributed by atoms with E-state index in [1.165, 1.54) is 6.33 Å². The van der Waals surface area contributed by atoms with E-state index in [0.29, 0.717) is 30.3 Å². The molecule has 0 aliphatic rings. The summed E-state index contributed by atoms with van der Waals surface area (Å²) in [6.07, 6.45) is 2.34. The summed E-state index contributed by atoms with van der Waals surface area (Å²) < 4.78 is 5.49. The van der Waals surface area contributed by atoms with Crippen LogP contribution in [0.1, 0.15) is 29.5 Å². The van der Waals surface area contributed by atoms with Crippen molar-refractivity contribution in [2.24, 2.45) is 0 Å². The van der Waals surface area contributed by atoms with Crippen molar-refractivity contribution in [1.82, 2.24) is 20.5 Å². The maximum Gasteiger partial charge on any atom is 0.251 e. The smallest absolute Gasteiger partial charge is 0.251 e. The molecule has 1 heterocycles. The maximum absolute atomic E-state index is 11.9. The fraction of sp³-hybridized carbons (Fsp3) is 0.308. The molecule has 0 unspecified atom stereocenters. The minimum Gasteiger partial charge on any atom is -0.494 e. The molecule has 1 aromatic carbocycles. The Balaban J connectivity index is 1.94. The summed E-state index contributed by atoms with van der Waals surface area (Å²) in [5, 5.41) is 9.15. The molecule has 0 spiro atoms. The zero-order chi connectivity index (χ0) is 13.5. The highest BCUT2D eigenvalue weighted by Crippen LogP contribution is 2.13. The van der Waals surface area contributed by atoms with Gasteiger partial charge in [-0.15, -0.1) is 0 Å². The van der Waals surface area contributed by atoms with Gasteiger partial charge in [-0.3, -0.25) is 9.89 Å². The van der Waals surface area contributed by atoms with Crippen LogP contribution in [0.15, 0.2) is 30.6 Å². The first kappa shape index (κ1) is 13.1. The molecule has 0 saturated heterocycles. The topological polar surface area (TPSA) is 79.9 Å². The van der Waals surface area contributed by atoms with Gasteiger partial charge in [0.05, 0.1) is 13.2 Å². The Labute approximate surface area is 111 Å². The predicted octanol–water partition coefficient (Wildman–Crippen LogP) is 1.52. The van der Waals surface area contributed by atoms with Crippen LogP contribution >= 0.6 is 0 Å². The van der Waals surface area contributed by atoms with E-state index < -0.39 is 0 Å². The Morgan fingerprint density at radius 1 is 1.47 bits per heavy atom. The molecule has 1 amide bonds. The van der Waals surface area contributed by atoms with Gasteiger partial charge < -0.3 is 10.1 Å². The van der Waals surface area contributed by atoms with Crippen molar-refractivity contribution in [3.05, 3.63) is 42.0 Å². The molecule has 2 N–H and O–H groups in total. The molecule has 100 valence electrons. The van der Waals surface area contributed by atoms with Gasteiger partial charge in [0.2, 0.25) is 0 Å². The van der Waals surface area contributed by atoms with Gasteiger partial charge in [0, 0.05) is 5.56 Å². The number of H-pyrrole nitrogens is 1. The third-order valence-electron chi connectivity index (χ3n) is 2.45. The number of aromatic nitrogens is 3. The molecule has 1 aromatic heterocycles. The van der Waals surface area contributed by atoms with Gasteiger partial charge in [0.15, 0.2) is 0 Å². The lowest BCUT2D eigenvalue weighted by Crippen LogP contribution is -2.23. The van der Waals surface area contributed by atoms with Gasteiger partial charge in [-0.05, 0) is 24.6 Å². The van der Waals surface area contributed by atoms with Crippen molar-refractivity contribution in [1.29, 1.82) is 0 Å². The lowest BCUT2D eigenvalue weighted by molar-refractivity contribution is 0.0949. The number of hydrogen-bond donors (Lipinski definition) is 2. The Morgan fingerprint density at radius 2 is 2.37 bits per heavy atom. The summed E-state index contributed by atoms with van der Waals surface area (Å²) in [6, 6.07) is 7.11. The quantitative estimate of drug-likeness (QED) is 0.825. The van der Waals surface area contributed by atoms with Gasteiger partial charge in [-0.2, -0.15) is 5.10 Å². The molecule has 19 heavy (non-hydrogen) atoms. The van der Waals surface area contributed by atoms with Crippen molar-refractivity contribution in [2.45, 2.75) is 19.9 Å². The van der Waals surface area contributed by atoms with Crippen molar-refractivity contribution >= 4 is 5.91 Å². The van der Waals surface area contributed by atoms with Gasteiger partial charge in [-0.25, -0.2) is 4.98 Å². The molecule has 0 bridgehead atoms. The largest absolute Gasteiger partial charge is 0.494 e. The lowest BCUT2D eigenvalue weighted by Gasteiger charge is -2.07. The highest BCUT2D eigenvalue weighted by molar-refractivity contribution is 5.94. The van der Waals surface area contributed by atoms with Crippen molar-refractivity contribution in [3.8, 4) is 5.75 Å². The summed E-state index contributed by atoms with van der Waals surface area (Å²) in [5.41, 5.74) is 0.563. The predicted molar refractivity (Wildman–Crippen MR) is 69.8 cm³/mol. The second-order valence-electron chi connectivity index (χ2n) is 3.99. The zero-order valence-corrected chi connectivity index (χ0v) is 10.7. The SMILES string of the molecule is CCCOc1cccc(C(=O)NCc2ncn[nH]2)c1. The number of nitrogens with one attached hydrogen (secondary N) is 2. The summed E-state index contributed by atoms with van der Waals surface area (Å²) in [4.78, 5) is 15.9. The Bertz CT molecular complexity index is 525. The molecule has 0 atom stereocenters. The summed E-state index contributed by atoms with van der Waals surface area (Å²) in [6.45, 7) is 3.00. The molecule has 0 fully saturated rings. The van der Waals surface area contributed by atoms with Crippen molar-refractivity contribution in [3.63, 3.8) is 0 Å². The maximum atomic E-state index is 11.9. The van der Waals surface area contributed by atoms with E-state index in [4.69, 9.17) is 4.74 Å². The number of nitrogens with zero attached hydrogens (tertiary/aromatic N) is 2. The fourth-order valence-electron chi connectivity index (χ4n) is 1.53. The average molecular weight is 260 g/mol. The Morgan fingerprint density at radius 3 is 3.11 bits per heavy atom. The molecule has 6 nitrogen and oxygen atoms in total. The number of amides is 1. The number of aromatic amines is 1. The third-order valence-corrected chi connectivity index (χ3v) is 2.45. The van der Waals surface area contributed by atoms with Crippen LogP contribution in [-0.4, -0.2) is 27.7 Å². The van der Waals surface area contributed by atoms with E-state index in [-0.39, 0.29) is 5.91 Å². The zero-order valence-electron chi connectivity index (χ0n) is 10.7. The fourth-order valence-corrected chi connectivity index (χ4v) is 1.53. The number of benzene rings is 1. The second kappa shape index (κ2) is 6.53. The van der Waals surface area contributed by atoms with Crippen LogP contribution in [0.5, 0.6) is 5.75 Å². The highest BCUT2D eigenvalue weighted by atomic mass is 16.5. The van der Waals surface area contributed by atoms with Crippen LogP contribution in [0.25, 0.3) is 0 Å². The van der Waals surface area contributed by atoms with Crippen LogP contribution in [0, 0.1) is 0 Å². The molecule has 0 radical (unpaired) electrons. The van der Waals surface area contributed by atoms with E-state index in [0.717, 1.165) is 6.42 Å². The van der Waals surface area contributed by atoms with Crippen LogP contribution in [0.4, 0.5) is 0 Å². The number of carbonyl (C=O) groups is 1. The standard InChI is InChI=1S/C13H16N4O2/c1-2-6-19-11-5-3-4-10(7-11)13(18)14-8-12-15-9-16-17-12/h3-5,7,9H,2,6,8H2,1H3,(H,14,18)(H,15,16,17). The van der Waals surface area contributed by atoms with E-state index in [9.17, 15) is 4.79 Å². The first-order chi connectivity index (χ1) is 9.29. The number of ether oxygens (including phenoxy) is 1. The summed E-state index contributed by atoms with van der Waals surface area (Å²) in [7, 11) is 0. The minimum atomic E-state index is -0.168. The van der Waals surface area contributed by atoms with Crippen LogP contribution < -0.4 is 10.1 Å². The third kappa shape index (κ3) is 3.80. The first-order valence-corrected chi connectivity index (χ1v) is 6.15. The monoisotopic (exact) mass is 260 g/mol. The molecule has 6 heteroatoms. The summed E-state index contributed by atoms with van der Waals surface area (Å²) >= 11 is 0. The number of hydrogen-bond acceptors (Lipinski definition) is 4. The molecule has 2 aromatic rings. The van der Waals surface area contributed by atoms with Crippen LogP contribution in [-0.2, 0) is 6.54 Å². The normalized spacial score (nSPS) is 10.2. The Hall–Kier alpha value is -2.37. The van der Waals surface area contributed by atoms with E-state index >= 15 is 0 Å². The number of rotatable bonds is 6. The molecule has 0 aliphatic carbocycles. The molecule has 0 saturated carbocycles.